The van der Waals surface area contributed by atoms with Gasteiger partial charge >= 0.3 is 0 Å². The summed E-state index contributed by atoms with van der Waals surface area (Å²) in [5.41, 5.74) is 9.51. The fourth-order valence-corrected chi connectivity index (χ4v) is 8.95. The van der Waals surface area contributed by atoms with E-state index in [1.165, 1.54) is 33.4 Å². The first kappa shape index (κ1) is 24.3. The van der Waals surface area contributed by atoms with Gasteiger partial charge < -0.3 is 0 Å². The summed E-state index contributed by atoms with van der Waals surface area (Å²) in [5, 5.41) is 0. The van der Waals surface area contributed by atoms with E-state index in [-0.39, 0.29) is 0 Å². The van der Waals surface area contributed by atoms with Gasteiger partial charge in [0.05, 0.1) is 31.9 Å². The summed E-state index contributed by atoms with van der Waals surface area (Å²) in [6.07, 6.45) is 0. The molecule has 0 radical (unpaired) electrons. The van der Waals surface area contributed by atoms with Crippen LogP contribution < -0.4 is 0 Å². The Morgan fingerprint density at radius 2 is 1.19 bits per heavy atom. The summed E-state index contributed by atoms with van der Waals surface area (Å²) in [4.78, 5) is 5.67. The van der Waals surface area contributed by atoms with Crippen LogP contribution in [0.1, 0.15) is 22.3 Å². The molecule has 0 spiro atoms. The second kappa shape index (κ2) is 8.63. The van der Waals surface area contributed by atoms with Crippen LogP contribution in [0.4, 0.5) is 0 Å². The summed E-state index contributed by atoms with van der Waals surface area (Å²) in [5.74, 6) is 0.721. The van der Waals surface area contributed by atoms with E-state index < -0.39 is 15.3 Å². The molecule has 2 aliphatic rings. The van der Waals surface area contributed by atoms with Crippen molar-refractivity contribution in [2.24, 2.45) is 0 Å². The number of nitrogens with zero attached hydrogens (tertiary/aromatic N) is 2. The maximum Gasteiger partial charge on any atom is 0.210 e. The predicted molar refractivity (Wildman–Crippen MR) is 169 cm³/mol. The van der Waals surface area contributed by atoms with Crippen molar-refractivity contribution in [3.63, 3.8) is 0 Å². The Hall–Kier alpha value is -5.26. The van der Waals surface area contributed by atoms with Gasteiger partial charge in [-0.25, -0.2) is 13.4 Å². The molecule has 0 saturated heterocycles. The standard InChI is InChI=1S/C38H24N2O2S/c41-43(42)34-20-10-9-19-33(34)40-36-32(18-11-21-35(36)43)39-37(40)25-22-23-29-28-16-7-8-17-30(28)38(31(29)24-25,26-12-3-1-4-13-26)27-14-5-2-6-15-27/h1-24H. The quantitative estimate of drug-likeness (QED) is 0.214. The maximum atomic E-state index is 13.7. The van der Waals surface area contributed by atoms with Gasteiger partial charge in [0.25, 0.3) is 0 Å². The van der Waals surface area contributed by atoms with E-state index in [9.17, 15) is 8.42 Å². The minimum absolute atomic E-state index is 0.291. The topological polar surface area (TPSA) is 52.0 Å². The molecular weight excluding hydrogens is 548 g/mol. The third-order valence-electron chi connectivity index (χ3n) is 9.04. The van der Waals surface area contributed by atoms with Gasteiger partial charge in [0.15, 0.2) is 0 Å². The predicted octanol–water partition coefficient (Wildman–Crippen LogP) is 8.20. The van der Waals surface area contributed by atoms with Crippen molar-refractivity contribution in [3.05, 3.63) is 168 Å². The van der Waals surface area contributed by atoms with E-state index in [4.69, 9.17) is 4.98 Å². The molecule has 0 saturated carbocycles. The molecule has 6 aromatic carbocycles. The number of rotatable bonds is 3. The number of aromatic nitrogens is 2. The lowest BCUT2D eigenvalue weighted by molar-refractivity contribution is 0.594. The van der Waals surface area contributed by atoms with Gasteiger partial charge in [-0.15, -0.1) is 0 Å². The van der Waals surface area contributed by atoms with Crippen LogP contribution in [0.15, 0.2) is 155 Å². The molecule has 2 heterocycles. The van der Waals surface area contributed by atoms with Crippen LogP contribution in [0.25, 0.3) is 39.2 Å². The summed E-state index contributed by atoms with van der Waals surface area (Å²) in [6.45, 7) is 0. The Bertz CT molecular complexity index is 2320. The molecule has 1 aliphatic heterocycles. The van der Waals surface area contributed by atoms with E-state index in [0.717, 1.165) is 11.4 Å². The lowest BCUT2D eigenvalue weighted by atomic mass is 9.67. The van der Waals surface area contributed by atoms with Crippen molar-refractivity contribution in [1.29, 1.82) is 0 Å². The largest absolute Gasteiger partial charge is 0.290 e. The highest BCUT2D eigenvalue weighted by Gasteiger charge is 2.46. The average molecular weight is 573 g/mol. The molecule has 1 aliphatic carbocycles. The fraction of sp³-hybridized carbons (Fsp3) is 0.0263. The average Bonchev–Trinajstić information content (AvgIpc) is 3.59. The Morgan fingerprint density at radius 1 is 0.558 bits per heavy atom. The van der Waals surface area contributed by atoms with E-state index in [1.807, 2.05) is 22.8 Å². The molecular formula is C38H24N2O2S. The molecule has 0 fully saturated rings. The van der Waals surface area contributed by atoms with Crippen LogP contribution >= 0.6 is 0 Å². The van der Waals surface area contributed by atoms with Crippen molar-refractivity contribution < 1.29 is 8.42 Å². The first-order chi connectivity index (χ1) is 21.1. The van der Waals surface area contributed by atoms with Crippen LogP contribution in [0.2, 0.25) is 0 Å². The van der Waals surface area contributed by atoms with Crippen molar-refractivity contribution in [1.82, 2.24) is 9.55 Å². The van der Waals surface area contributed by atoms with Crippen molar-refractivity contribution in [2.45, 2.75) is 15.2 Å². The number of imidazole rings is 1. The SMILES string of the molecule is O=S1(=O)c2ccccc2-n2c(-c3ccc4c(c3)C(c3ccccc3)(c3ccccc3)c3ccccc3-4)nc3cccc1c32. The fourth-order valence-electron chi connectivity index (χ4n) is 7.31. The minimum atomic E-state index is -3.67. The van der Waals surface area contributed by atoms with E-state index in [0.29, 0.717) is 26.5 Å². The zero-order valence-corrected chi connectivity index (χ0v) is 23.8. The zero-order chi connectivity index (χ0) is 28.8. The number of benzene rings is 6. The molecule has 0 N–H and O–H groups in total. The summed E-state index contributed by atoms with van der Waals surface area (Å²) < 4.78 is 29.4. The minimum Gasteiger partial charge on any atom is -0.290 e. The highest BCUT2D eigenvalue weighted by atomic mass is 32.2. The van der Waals surface area contributed by atoms with Gasteiger partial charge in [-0.2, -0.15) is 0 Å². The zero-order valence-electron chi connectivity index (χ0n) is 23.0. The Labute approximate surface area is 249 Å². The first-order valence-electron chi connectivity index (χ1n) is 14.3. The lowest BCUT2D eigenvalue weighted by Crippen LogP contribution is -2.28. The molecule has 0 amide bonds. The van der Waals surface area contributed by atoms with E-state index in [1.54, 1.807) is 24.3 Å². The Kier molecular flexibility index (Phi) is 4.89. The molecule has 204 valence electrons. The number of hydrogen-bond donors (Lipinski definition) is 0. The van der Waals surface area contributed by atoms with Gasteiger partial charge in [0, 0.05) is 5.56 Å². The molecule has 1 aromatic heterocycles. The number of sulfone groups is 1. The monoisotopic (exact) mass is 572 g/mol. The van der Waals surface area contributed by atoms with Gasteiger partial charge in [-0.3, -0.25) is 4.57 Å². The van der Waals surface area contributed by atoms with Crippen molar-refractivity contribution in [2.75, 3.05) is 0 Å². The third kappa shape index (κ3) is 3.09. The third-order valence-corrected chi connectivity index (χ3v) is 10.9. The van der Waals surface area contributed by atoms with E-state index >= 15 is 0 Å². The second-order valence-electron chi connectivity index (χ2n) is 11.2. The molecule has 7 aromatic rings. The smallest absolute Gasteiger partial charge is 0.210 e. The molecule has 0 unspecified atom stereocenters. The number of fused-ring (bicyclic) bond motifs is 5. The van der Waals surface area contributed by atoms with Crippen LogP contribution in [0.5, 0.6) is 0 Å². The van der Waals surface area contributed by atoms with Crippen LogP contribution in [-0.2, 0) is 15.3 Å². The van der Waals surface area contributed by atoms with E-state index in [2.05, 4.69) is 103 Å². The molecule has 0 atom stereocenters. The summed E-state index contributed by atoms with van der Waals surface area (Å²) in [6, 6.07) is 49.3. The molecule has 43 heavy (non-hydrogen) atoms. The highest BCUT2D eigenvalue weighted by molar-refractivity contribution is 7.92. The normalized spacial score (nSPS) is 15.1. The molecule has 4 nitrogen and oxygen atoms in total. The highest BCUT2D eigenvalue weighted by Crippen LogP contribution is 2.56. The lowest BCUT2D eigenvalue weighted by Gasteiger charge is -2.34. The van der Waals surface area contributed by atoms with Gasteiger partial charge in [0.2, 0.25) is 9.84 Å². The molecule has 9 rings (SSSR count). The summed E-state index contributed by atoms with van der Waals surface area (Å²) in [7, 11) is -3.67. The Balaban J connectivity index is 1.39. The van der Waals surface area contributed by atoms with Crippen LogP contribution in [0.3, 0.4) is 0 Å². The first-order valence-corrected chi connectivity index (χ1v) is 15.8. The van der Waals surface area contributed by atoms with Crippen molar-refractivity contribution in [3.8, 4) is 28.2 Å². The van der Waals surface area contributed by atoms with Gasteiger partial charge in [-0.1, -0.05) is 115 Å². The van der Waals surface area contributed by atoms with Crippen molar-refractivity contribution >= 4 is 20.9 Å². The van der Waals surface area contributed by atoms with Gasteiger partial charge in [0.1, 0.15) is 5.82 Å². The molecule has 0 bridgehead atoms. The molecule has 5 heteroatoms. The van der Waals surface area contributed by atoms with Crippen LogP contribution in [0, 0.1) is 0 Å². The van der Waals surface area contributed by atoms with Gasteiger partial charge in [-0.05, 0) is 63.7 Å². The summed E-state index contributed by atoms with van der Waals surface area (Å²) >= 11 is 0. The maximum absolute atomic E-state index is 13.7. The second-order valence-corrected chi connectivity index (χ2v) is 13.0. The number of para-hydroxylation sites is 2. The number of hydrogen-bond acceptors (Lipinski definition) is 3. The Morgan fingerprint density at radius 3 is 1.95 bits per heavy atom. The van der Waals surface area contributed by atoms with Crippen LogP contribution in [-0.4, -0.2) is 18.0 Å².